The first kappa shape index (κ1) is 40.3. The van der Waals surface area contributed by atoms with Crippen LogP contribution in [0.25, 0.3) is 0 Å². The van der Waals surface area contributed by atoms with Gasteiger partial charge in [0.25, 0.3) is 10.1 Å². The van der Waals surface area contributed by atoms with E-state index >= 15 is 0 Å². The summed E-state index contributed by atoms with van der Waals surface area (Å²) in [6, 6.07) is 51.3. The Labute approximate surface area is 338 Å². The van der Waals surface area contributed by atoms with Crippen LogP contribution < -0.4 is 0 Å². The Kier molecular flexibility index (Phi) is 12.6. The molecule has 0 bridgehead atoms. The Morgan fingerprint density at radius 1 is 0.569 bits per heavy atom. The highest BCUT2D eigenvalue weighted by molar-refractivity contribution is 7.86. The third-order valence-electron chi connectivity index (χ3n) is 9.88. The highest BCUT2D eigenvalue weighted by atomic mass is 32.2. The lowest BCUT2D eigenvalue weighted by Gasteiger charge is -2.45. The van der Waals surface area contributed by atoms with Gasteiger partial charge >= 0.3 is 11.9 Å². The molecule has 0 unspecified atom stereocenters. The molecule has 11 heteroatoms. The van der Waals surface area contributed by atoms with Crippen molar-refractivity contribution in [2.45, 2.75) is 48.1 Å². The standard InChI is InChI=1S/C47H42O10S/c1-33-28-30-39(31-29-33)58(50,51)57-41-40(32-53-47(36-22-12-5-13-23-36,37-24-14-6-15-25-37)38-26-16-7-17-27-38)54-46(52-2)43(56-45(49)35-20-10-4-11-21-35)42(41)55-44(48)34-18-8-3-9-19-34/h3-31,40-43,46H,32H2,1-2H3/t40-,41+,42-,43-,46+/m1/s1. The SMILES string of the molecule is CO[C@H]1O[C@H](COC(c2ccccc2)(c2ccccc2)c2ccccc2)[C@H](OS(=O)(=O)c2ccc(C)cc2)[C@@H](OC(=O)c2ccccc2)[C@H]1OC(=O)c1ccccc1. The van der Waals surface area contributed by atoms with Crippen molar-refractivity contribution in [2.24, 2.45) is 0 Å². The third kappa shape index (κ3) is 8.79. The van der Waals surface area contributed by atoms with Crippen molar-refractivity contribution in [2.75, 3.05) is 13.7 Å². The lowest BCUT2D eigenvalue weighted by molar-refractivity contribution is -0.292. The number of carbonyl (C=O) groups is 2. The second-order valence-corrected chi connectivity index (χ2v) is 15.2. The van der Waals surface area contributed by atoms with E-state index < -0.39 is 58.4 Å². The fourth-order valence-electron chi connectivity index (χ4n) is 6.99. The predicted octanol–water partition coefficient (Wildman–Crippen LogP) is 7.90. The van der Waals surface area contributed by atoms with Crippen LogP contribution in [0, 0.1) is 6.92 Å². The fraction of sp³-hybridized carbons (Fsp3) is 0.191. The summed E-state index contributed by atoms with van der Waals surface area (Å²) in [7, 11) is -3.25. The van der Waals surface area contributed by atoms with Crippen molar-refractivity contribution < 1.29 is 45.9 Å². The molecule has 0 radical (unpaired) electrons. The molecular weight excluding hydrogens is 757 g/mol. The Hall–Kier alpha value is -5.95. The summed E-state index contributed by atoms with van der Waals surface area (Å²) in [6.45, 7) is 1.50. The molecule has 5 atom stereocenters. The zero-order valence-electron chi connectivity index (χ0n) is 31.8. The topological polar surface area (TPSA) is 124 Å². The fourth-order valence-corrected chi connectivity index (χ4v) is 8.10. The molecule has 0 saturated carbocycles. The number of aryl methyl sites for hydroxylation is 1. The van der Waals surface area contributed by atoms with Gasteiger partial charge in [0.1, 0.15) is 17.8 Å². The molecule has 7 rings (SSSR count). The lowest BCUT2D eigenvalue weighted by atomic mass is 9.80. The van der Waals surface area contributed by atoms with Gasteiger partial charge in [0.2, 0.25) is 0 Å². The molecule has 0 N–H and O–H groups in total. The highest BCUT2D eigenvalue weighted by Gasteiger charge is 2.54. The van der Waals surface area contributed by atoms with Crippen molar-refractivity contribution in [1.29, 1.82) is 0 Å². The van der Waals surface area contributed by atoms with Gasteiger partial charge in [-0.25, -0.2) is 9.59 Å². The van der Waals surface area contributed by atoms with Gasteiger partial charge in [-0.2, -0.15) is 8.42 Å². The Morgan fingerprint density at radius 2 is 0.983 bits per heavy atom. The minimum absolute atomic E-state index is 0.148. The molecular formula is C47H42O10S. The summed E-state index contributed by atoms with van der Waals surface area (Å²) in [5, 5.41) is 0. The van der Waals surface area contributed by atoms with E-state index in [0.717, 1.165) is 22.3 Å². The van der Waals surface area contributed by atoms with Crippen molar-refractivity contribution in [1.82, 2.24) is 0 Å². The van der Waals surface area contributed by atoms with E-state index in [2.05, 4.69) is 0 Å². The predicted molar refractivity (Wildman–Crippen MR) is 215 cm³/mol. The van der Waals surface area contributed by atoms with Crippen molar-refractivity contribution >= 4 is 22.1 Å². The first-order valence-corrected chi connectivity index (χ1v) is 20.1. The Balaban J connectivity index is 1.36. The molecule has 0 aromatic heterocycles. The van der Waals surface area contributed by atoms with E-state index in [1.807, 2.05) is 97.9 Å². The second kappa shape index (κ2) is 18.1. The molecule has 1 aliphatic heterocycles. The van der Waals surface area contributed by atoms with Gasteiger partial charge in [-0.05, 0) is 60.0 Å². The van der Waals surface area contributed by atoms with E-state index in [1.165, 1.54) is 19.2 Å². The normalized spacial score (nSPS) is 19.5. The van der Waals surface area contributed by atoms with E-state index in [4.69, 9.17) is 27.9 Å². The monoisotopic (exact) mass is 798 g/mol. The van der Waals surface area contributed by atoms with Gasteiger partial charge < -0.3 is 23.7 Å². The average molecular weight is 799 g/mol. The maximum absolute atomic E-state index is 14.2. The third-order valence-corrected chi connectivity index (χ3v) is 11.2. The number of carbonyl (C=O) groups excluding carboxylic acids is 2. The molecule has 296 valence electrons. The van der Waals surface area contributed by atoms with Crippen molar-refractivity contribution in [3.8, 4) is 0 Å². The molecule has 10 nitrogen and oxygen atoms in total. The summed E-state index contributed by atoms with van der Waals surface area (Å²) in [5.41, 5.74) is 2.26. The molecule has 1 fully saturated rings. The van der Waals surface area contributed by atoms with Gasteiger partial charge in [0.05, 0.1) is 22.6 Å². The number of ether oxygens (including phenoxy) is 5. The molecule has 0 amide bonds. The number of hydrogen-bond acceptors (Lipinski definition) is 10. The van der Waals surface area contributed by atoms with Crippen LogP contribution in [0.3, 0.4) is 0 Å². The molecule has 0 aliphatic carbocycles. The van der Waals surface area contributed by atoms with Crippen LogP contribution in [0.4, 0.5) is 0 Å². The van der Waals surface area contributed by atoms with Crippen molar-refractivity contribution in [3.05, 3.63) is 209 Å². The van der Waals surface area contributed by atoms with Crippen LogP contribution in [0.15, 0.2) is 181 Å². The second-order valence-electron chi connectivity index (χ2n) is 13.7. The molecule has 0 spiro atoms. The molecule has 58 heavy (non-hydrogen) atoms. The molecule has 6 aromatic carbocycles. The summed E-state index contributed by atoms with van der Waals surface area (Å²) in [6.07, 6.45) is -7.44. The van der Waals surface area contributed by atoms with Crippen molar-refractivity contribution in [3.63, 3.8) is 0 Å². The summed E-state index contributed by atoms with van der Waals surface area (Å²) >= 11 is 0. The van der Waals surface area contributed by atoms with Crippen LogP contribution in [0.1, 0.15) is 43.0 Å². The number of rotatable bonds is 14. The van der Waals surface area contributed by atoms with Gasteiger partial charge in [0, 0.05) is 7.11 Å². The van der Waals surface area contributed by atoms with Gasteiger partial charge in [-0.15, -0.1) is 0 Å². The molecule has 1 aliphatic rings. The minimum Gasteiger partial charge on any atom is -0.452 e. The summed E-state index contributed by atoms with van der Waals surface area (Å²) in [4.78, 5) is 27.5. The van der Waals surface area contributed by atoms with E-state index in [-0.39, 0.29) is 22.6 Å². The van der Waals surface area contributed by atoms with Crippen LogP contribution in [0.5, 0.6) is 0 Å². The molecule has 1 heterocycles. The van der Waals surface area contributed by atoms with Crippen LogP contribution in [-0.4, -0.2) is 64.8 Å². The van der Waals surface area contributed by atoms with E-state index in [9.17, 15) is 18.0 Å². The first-order chi connectivity index (χ1) is 28.2. The number of hydrogen-bond donors (Lipinski definition) is 0. The maximum atomic E-state index is 14.2. The summed E-state index contributed by atoms with van der Waals surface area (Å²) < 4.78 is 66.2. The number of methoxy groups -OCH3 is 1. The van der Waals surface area contributed by atoms with Crippen LogP contribution in [0.2, 0.25) is 0 Å². The van der Waals surface area contributed by atoms with Gasteiger partial charge in [-0.3, -0.25) is 4.18 Å². The highest BCUT2D eigenvalue weighted by Crippen LogP contribution is 2.42. The summed E-state index contributed by atoms with van der Waals surface area (Å²) in [5.74, 6) is -1.61. The van der Waals surface area contributed by atoms with E-state index in [1.54, 1.807) is 72.8 Å². The maximum Gasteiger partial charge on any atom is 0.338 e. The molecule has 6 aromatic rings. The zero-order valence-corrected chi connectivity index (χ0v) is 32.6. The molecule has 1 saturated heterocycles. The van der Waals surface area contributed by atoms with E-state index in [0.29, 0.717) is 0 Å². The number of esters is 2. The first-order valence-electron chi connectivity index (χ1n) is 18.7. The Bertz CT molecular complexity index is 2260. The average Bonchev–Trinajstić information content (AvgIpc) is 3.27. The Morgan fingerprint density at radius 3 is 1.41 bits per heavy atom. The minimum atomic E-state index is -4.59. The largest absolute Gasteiger partial charge is 0.452 e. The smallest absolute Gasteiger partial charge is 0.338 e. The number of benzene rings is 6. The van der Waals surface area contributed by atoms with Gasteiger partial charge in [0.15, 0.2) is 18.5 Å². The quantitative estimate of drug-likeness (QED) is 0.0611. The zero-order chi connectivity index (χ0) is 40.5. The van der Waals surface area contributed by atoms with Gasteiger partial charge in [-0.1, -0.05) is 145 Å². The van der Waals surface area contributed by atoms with Crippen LogP contribution in [-0.2, 0) is 43.6 Å². The van der Waals surface area contributed by atoms with Crippen LogP contribution >= 0.6 is 0 Å². The lowest BCUT2D eigenvalue weighted by Crippen LogP contribution is -2.63.